The van der Waals surface area contributed by atoms with Crippen molar-refractivity contribution in [3.05, 3.63) is 230 Å². The average molecular weight is 1540 g/mol. The fourth-order valence-corrected chi connectivity index (χ4v) is 10.7. The highest BCUT2D eigenvalue weighted by Crippen LogP contribution is 2.32. The van der Waals surface area contributed by atoms with E-state index in [1.54, 1.807) is 67.3 Å². The number of allylic oxidation sites excluding steroid dienone is 1. The molecule has 22 nitrogen and oxygen atoms in total. The molecule has 0 amide bonds. The molecule has 36 heteroatoms. The van der Waals surface area contributed by atoms with Gasteiger partial charge in [0.2, 0.25) is 14.3 Å². The zero-order valence-corrected chi connectivity index (χ0v) is 58.5. The molecule has 4 aromatic heterocycles. The van der Waals surface area contributed by atoms with E-state index in [1.165, 1.54) is 42.7 Å². The number of nitrogens with one attached hydrogen (secondary N) is 4. The number of carboxylic acids is 1. The fraction of sp³-hybridized carbons (Fsp3) is 0.161. The molecule has 4 atom stereocenters. The first-order valence-electron chi connectivity index (χ1n) is 25.1. The molecule has 0 aliphatic heterocycles. The molecule has 0 aliphatic carbocycles. The van der Waals surface area contributed by atoms with Crippen molar-refractivity contribution in [2.24, 2.45) is 0 Å². The molecule has 8 aromatic rings. The van der Waals surface area contributed by atoms with Crippen LogP contribution in [-0.4, -0.2) is 65.8 Å². The van der Waals surface area contributed by atoms with Crippen LogP contribution in [0.5, 0.6) is 0 Å². The molecule has 0 saturated heterocycles. The van der Waals surface area contributed by atoms with Crippen molar-refractivity contribution < 1.29 is 81.2 Å². The van der Waals surface area contributed by atoms with Crippen LogP contribution in [0.2, 0.25) is 20.1 Å². The summed E-state index contributed by atoms with van der Waals surface area (Å²) in [6.07, 6.45) is 12.2. The Labute approximate surface area is 586 Å². The van der Waals surface area contributed by atoms with E-state index in [2.05, 4.69) is 72.1 Å². The number of furan rings is 4. The Hall–Kier alpha value is -5.52. The van der Waals surface area contributed by atoms with Gasteiger partial charge in [-0.3, -0.25) is 26.4 Å². The smallest absolute Gasteiger partial charge is 0.336 e. The van der Waals surface area contributed by atoms with Gasteiger partial charge in [0.25, 0.3) is 5.24 Å². The number of hydrogen-bond donors (Lipinski definition) is 6. The first-order chi connectivity index (χ1) is 43.0. The number of anilines is 4. The fourth-order valence-electron chi connectivity index (χ4n) is 7.58. The predicted molar refractivity (Wildman–Crippen MR) is 365 cm³/mol. The maximum absolute atomic E-state index is 11.6. The lowest BCUT2D eigenvalue weighted by molar-refractivity contribution is 0.0695. The van der Waals surface area contributed by atoms with Crippen LogP contribution in [-0.2, 0) is 118 Å². The summed E-state index contributed by atoms with van der Waals surface area (Å²) in [6.45, 7) is 5.25. The Morgan fingerprint density at radius 2 is 0.750 bits per heavy atom. The second kappa shape index (κ2) is 43.5. The number of carbonyl (C=O) groups excluding carboxylic acids is 3. The van der Waals surface area contributed by atoms with Gasteiger partial charge in [0.1, 0.15) is 23.0 Å². The van der Waals surface area contributed by atoms with Crippen molar-refractivity contribution in [2.75, 3.05) is 18.9 Å². The minimum absolute atomic E-state index is 0. The van der Waals surface area contributed by atoms with Gasteiger partial charge in [0.05, 0.1) is 73.5 Å². The maximum atomic E-state index is 11.6. The summed E-state index contributed by atoms with van der Waals surface area (Å²) in [4.78, 5) is 45.9. The van der Waals surface area contributed by atoms with Crippen LogP contribution in [0.3, 0.4) is 0 Å². The topological polar surface area (TPSA) is 367 Å². The van der Waals surface area contributed by atoms with Crippen LogP contribution >= 0.6 is 92.0 Å². The Morgan fingerprint density at radius 1 is 0.511 bits per heavy atom. The summed E-state index contributed by atoms with van der Waals surface area (Å²) in [5, 5.41) is 8.26. The van der Waals surface area contributed by atoms with Crippen LogP contribution < -0.4 is 18.9 Å². The van der Waals surface area contributed by atoms with E-state index < -0.39 is 75.7 Å². The summed E-state index contributed by atoms with van der Waals surface area (Å²) >= 11 is 27.8. The Balaban J connectivity index is 0.000000402. The number of halogens is 7. The molecule has 0 bridgehead atoms. The highest BCUT2D eigenvalue weighted by atomic mass is 36.0. The molecular weight excluding hydrogens is 1490 g/mol. The summed E-state index contributed by atoms with van der Waals surface area (Å²) < 4.78 is 124. The van der Waals surface area contributed by atoms with Crippen LogP contribution in [0.15, 0.2) is 152 Å². The van der Waals surface area contributed by atoms with Crippen LogP contribution in [0, 0.1) is 7.43 Å². The molecule has 4 heterocycles. The SMILES string of the molecule is C=CC.O=C(Cl)c1cc(NS(=O)[O-])c(Cl)cc1CCc1ccco1.O=C(O)c1cc(NS(=O)[O-])c(Cl)cc1CCc1ccco1.O=C(S)c1cc(NS(=O)[O-])c(Cl)cc1CCc1ccco1.O=C([S-])c1cc(NS(=O)[O-])c(Cl)cc1CCc1ccco1.O=S(Cl)Cl.[CH3+]. The zero-order valence-electron chi connectivity index (χ0n) is 47.4. The van der Waals surface area contributed by atoms with Crippen molar-refractivity contribution in [1.29, 1.82) is 0 Å². The number of aryl methyl sites for hydroxylation is 8. The number of hydrogen-bond acceptors (Lipinski definition) is 18. The van der Waals surface area contributed by atoms with Crippen LogP contribution in [0.1, 0.15) is 93.7 Å². The molecule has 92 heavy (non-hydrogen) atoms. The largest absolute Gasteiger partial charge is 0.755 e. The number of rotatable bonds is 24. The van der Waals surface area contributed by atoms with Crippen molar-refractivity contribution in [2.45, 2.75) is 58.3 Å². The molecule has 4 aromatic carbocycles. The molecule has 0 radical (unpaired) electrons. The second-order valence-corrected chi connectivity index (χ2v) is 25.4. The van der Waals surface area contributed by atoms with E-state index in [4.69, 9.17) is 79.9 Å². The molecule has 498 valence electrons. The molecule has 0 spiro atoms. The monoisotopic (exact) mass is 1540 g/mol. The predicted octanol–water partition coefficient (Wildman–Crippen LogP) is 14.2. The van der Waals surface area contributed by atoms with Crippen molar-refractivity contribution in [3.8, 4) is 0 Å². The van der Waals surface area contributed by atoms with Gasteiger partial charge in [-0.25, -0.2) is 9.00 Å². The summed E-state index contributed by atoms with van der Waals surface area (Å²) in [5.74, 6) is 1.90. The van der Waals surface area contributed by atoms with Gasteiger partial charge in [0.15, 0.2) is 0 Å². The van der Waals surface area contributed by atoms with E-state index in [9.17, 15) is 59.3 Å². The number of aromatic carboxylic acids is 1. The minimum Gasteiger partial charge on any atom is -0.755 e. The minimum atomic E-state index is -2.58. The lowest BCUT2D eigenvalue weighted by Gasteiger charge is -2.17. The molecule has 0 fully saturated rings. The first-order valence-corrected chi connectivity index (χ1v) is 34.9. The zero-order chi connectivity index (χ0) is 67.9. The number of benzene rings is 4. The molecule has 4 unspecified atom stereocenters. The van der Waals surface area contributed by atoms with E-state index in [-0.39, 0.29) is 67.0 Å². The Kier molecular flexibility index (Phi) is 39.0. The van der Waals surface area contributed by atoms with E-state index in [1.807, 2.05) is 25.1 Å². The third kappa shape index (κ3) is 30.7. The quantitative estimate of drug-likeness (QED) is 0.00817. The lowest BCUT2D eigenvalue weighted by Crippen LogP contribution is -2.08. The van der Waals surface area contributed by atoms with Crippen LogP contribution in [0.4, 0.5) is 22.7 Å². The van der Waals surface area contributed by atoms with Gasteiger partial charge < -0.3 is 77.3 Å². The van der Waals surface area contributed by atoms with Crippen molar-refractivity contribution in [1.82, 2.24) is 0 Å². The van der Waals surface area contributed by atoms with Crippen LogP contribution in [0.25, 0.3) is 0 Å². The summed E-state index contributed by atoms with van der Waals surface area (Å²) in [6, 6.07) is 25.7. The molecule has 8 rings (SSSR count). The average Bonchev–Trinajstić information content (AvgIpc) is 1.29. The van der Waals surface area contributed by atoms with Gasteiger partial charge >= 0.3 is 5.97 Å². The normalized spacial score (nSPS) is 11.6. The van der Waals surface area contributed by atoms with Gasteiger partial charge in [0, 0.05) is 116 Å². The molecule has 5 N–H and O–H groups in total. The number of thiol groups is 1. The molecule has 0 saturated carbocycles. The van der Waals surface area contributed by atoms with Gasteiger partial charge in [-0.2, -0.15) is 0 Å². The Morgan fingerprint density at radius 3 is 0.978 bits per heavy atom. The van der Waals surface area contributed by atoms with E-state index in [0.29, 0.717) is 79.2 Å². The third-order valence-corrected chi connectivity index (χ3v) is 14.8. The summed E-state index contributed by atoms with van der Waals surface area (Å²) in [5.41, 5.74) is 3.64. The van der Waals surface area contributed by atoms with Crippen molar-refractivity contribution in [3.63, 3.8) is 0 Å². The van der Waals surface area contributed by atoms with Crippen molar-refractivity contribution >= 4 is 203 Å². The lowest BCUT2D eigenvalue weighted by atomic mass is 10.0. The number of carbonyl (C=O) groups is 4. The second-order valence-electron chi connectivity index (χ2n) is 17.4. The van der Waals surface area contributed by atoms with Gasteiger partial charge in [-0.05, 0) is 169 Å². The number of carboxylic acid groups (broad SMARTS) is 1. The Bertz CT molecular complexity index is 3340. The van der Waals surface area contributed by atoms with E-state index >= 15 is 0 Å². The maximum Gasteiger partial charge on any atom is 0.336 e. The van der Waals surface area contributed by atoms with Gasteiger partial charge in [-0.1, -0.05) is 52.5 Å². The van der Waals surface area contributed by atoms with Gasteiger partial charge in [-0.15, -0.1) is 19.2 Å². The molecule has 0 aliphatic rings. The van der Waals surface area contributed by atoms with E-state index in [0.717, 1.165) is 23.0 Å². The third-order valence-electron chi connectivity index (χ3n) is 11.3. The highest BCUT2D eigenvalue weighted by molar-refractivity contribution is 8.26. The first kappa shape index (κ1) is 82.6. The standard InChI is InChI=1S/C13H11Cl2NO4S.C13H12ClNO5S.2C13H12ClNO4S2.C3H6.CH3.Cl2OS/c14-11-6-8(3-4-9-2-1-5-20-9)10(13(15)17)7-12(11)16-21(18)19;14-11-6-8(3-4-9-2-1-5-20-9)10(13(16)17)7-12(11)15-21(18)19;2*14-11-6-8(3-4-9-2-1-5-19-9)10(13(16)20)7-12(11)15-21(17)18;1-3-2;;1-4(2)3/h1-2,5-7,16H,3-4H2,(H,18,19);1-2,5-7,15H,3-4H2,(H,16,17)(H,18,19);2*1-2,5-7,15H,3-4H2,(H,16,20)(H,17,18);3H,1H2,2H3;1H3;/q;;;;;+1;/p-5. The highest BCUT2D eigenvalue weighted by Gasteiger charge is 2.18. The molecular formula is C56H51Cl7N4O18S7-4. The summed E-state index contributed by atoms with van der Waals surface area (Å²) in [7, 11) is 7.36.